The van der Waals surface area contributed by atoms with E-state index in [2.05, 4.69) is 10.7 Å². The van der Waals surface area contributed by atoms with Gasteiger partial charge in [0, 0.05) is 24.8 Å². The number of halogens is 3. The fourth-order valence-electron chi connectivity index (χ4n) is 2.77. The van der Waals surface area contributed by atoms with E-state index >= 15 is 0 Å². The minimum absolute atomic E-state index is 0.0293. The first-order chi connectivity index (χ1) is 13.8. The van der Waals surface area contributed by atoms with Crippen LogP contribution in [0.3, 0.4) is 0 Å². The first-order valence-corrected chi connectivity index (χ1v) is 8.67. The van der Waals surface area contributed by atoms with Gasteiger partial charge < -0.3 is 25.9 Å². The second kappa shape index (κ2) is 8.05. The molecule has 0 unspecified atom stereocenters. The van der Waals surface area contributed by atoms with Crippen LogP contribution in [0.15, 0.2) is 23.1 Å². The number of aromatic hydroxyl groups is 1. The number of amides is 2. The zero-order valence-corrected chi connectivity index (χ0v) is 15.5. The normalized spacial score (nSPS) is 13.1. The van der Waals surface area contributed by atoms with Crippen molar-refractivity contribution < 1.29 is 28.6 Å². The highest BCUT2D eigenvalue weighted by Gasteiger charge is 2.30. The van der Waals surface area contributed by atoms with Crippen molar-refractivity contribution in [1.82, 2.24) is 14.9 Å². The lowest BCUT2D eigenvalue weighted by Gasteiger charge is -2.31. The molecule has 3 rings (SSSR count). The second-order valence-corrected chi connectivity index (χ2v) is 6.46. The number of hydrogen-bond acceptors (Lipinski definition) is 6. The molecule has 0 saturated heterocycles. The van der Waals surface area contributed by atoms with Crippen LogP contribution in [0.25, 0.3) is 0 Å². The molecule has 9 nitrogen and oxygen atoms in total. The average molecular weight is 429 g/mol. The average Bonchev–Trinajstić information content (AvgIpc) is 2.69. The Morgan fingerprint density at radius 2 is 2.03 bits per heavy atom. The Hall–Kier alpha value is -3.18. The van der Waals surface area contributed by atoms with E-state index in [-0.39, 0.29) is 24.8 Å². The molecule has 0 radical (unpaired) electrons. The number of rotatable bonds is 5. The maximum absolute atomic E-state index is 13.9. The second-order valence-electron chi connectivity index (χ2n) is 6.05. The maximum Gasteiger partial charge on any atom is 0.277 e. The summed E-state index contributed by atoms with van der Waals surface area (Å²) in [7, 11) is 0. The molecule has 0 spiro atoms. The first kappa shape index (κ1) is 20.6. The smallest absolute Gasteiger partial charge is 0.277 e. The molecule has 29 heavy (non-hydrogen) atoms. The first-order valence-electron chi connectivity index (χ1n) is 8.29. The van der Waals surface area contributed by atoms with Gasteiger partial charge in [-0.2, -0.15) is 0 Å². The summed E-state index contributed by atoms with van der Waals surface area (Å²) in [6.45, 7) is -1.00. The number of benzene rings is 1. The number of nitrogens with one attached hydrogen (secondary N) is 2. The van der Waals surface area contributed by atoms with E-state index in [1.165, 1.54) is 0 Å². The number of nitrogens with zero attached hydrogens (tertiary/aromatic N) is 2. The van der Waals surface area contributed by atoms with E-state index in [1.807, 2.05) is 0 Å². The van der Waals surface area contributed by atoms with Crippen molar-refractivity contribution in [3.05, 3.63) is 62.0 Å². The largest absolute Gasteiger partial charge is 0.502 e. The molecule has 4 N–H and O–H groups in total. The minimum Gasteiger partial charge on any atom is -0.502 e. The number of fused-ring (bicyclic) bond motifs is 1. The van der Waals surface area contributed by atoms with Gasteiger partial charge in [0.2, 0.25) is 5.43 Å². The summed E-state index contributed by atoms with van der Waals surface area (Å²) in [5.41, 5.74) is 0.0934. The van der Waals surface area contributed by atoms with Crippen LogP contribution in [0.2, 0.25) is 5.02 Å². The van der Waals surface area contributed by atoms with E-state index in [9.17, 15) is 28.3 Å². The number of aliphatic hydroxyl groups excluding tert-OH is 1. The van der Waals surface area contributed by atoms with E-state index in [1.54, 1.807) is 0 Å². The Balaban J connectivity index is 1.88. The number of β-amino-alcohol motifs (C(OH)–C–C–N with tert-alkyl or cyclic N) is 1. The highest BCUT2D eigenvalue weighted by molar-refractivity contribution is 6.30. The van der Waals surface area contributed by atoms with Gasteiger partial charge in [0.1, 0.15) is 23.9 Å². The van der Waals surface area contributed by atoms with Gasteiger partial charge in [0.15, 0.2) is 11.4 Å². The highest BCUT2D eigenvalue weighted by atomic mass is 35.5. The third-order valence-electron chi connectivity index (χ3n) is 4.28. The Labute approximate surface area is 167 Å². The molecule has 0 saturated carbocycles. The van der Waals surface area contributed by atoms with Crippen LogP contribution in [-0.4, -0.2) is 51.4 Å². The van der Waals surface area contributed by atoms with Crippen LogP contribution >= 0.6 is 11.6 Å². The zero-order valence-electron chi connectivity index (χ0n) is 14.7. The van der Waals surface area contributed by atoms with Gasteiger partial charge in [-0.25, -0.2) is 8.78 Å². The maximum atomic E-state index is 13.9. The Kier molecular flexibility index (Phi) is 5.71. The zero-order chi connectivity index (χ0) is 21.3. The fourth-order valence-corrected chi connectivity index (χ4v) is 2.95. The number of pyridine rings is 1. The molecule has 1 aromatic carbocycles. The van der Waals surface area contributed by atoms with Gasteiger partial charge in [-0.3, -0.25) is 19.1 Å². The van der Waals surface area contributed by atoms with Crippen LogP contribution in [0.1, 0.15) is 26.4 Å². The molecule has 2 aromatic rings. The third-order valence-corrected chi connectivity index (χ3v) is 4.58. The van der Waals surface area contributed by atoms with Crippen LogP contribution in [-0.2, 0) is 6.54 Å². The molecule has 0 fully saturated rings. The molecular formula is C17H15ClF2N4O5. The van der Waals surface area contributed by atoms with Crippen LogP contribution < -0.4 is 16.2 Å². The molecule has 2 heterocycles. The van der Waals surface area contributed by atoms with Crippen LogP contribution in [0, 0.1) is 11.6 Å². The van der Waals surface area contributed by atoms with Crippen molar-refractivity contribution in [1.29, 1.82) is 0 Å². The van der Waals surface area contributed by atoms with Crippen LogP contribution in [0.5, 0.6) is 5.75 Å². The van der Waals surface area contributed by atoms with Gasteiger partial charge in [-0.1, -0.05) is 11.6 Å². The minimum atomic E-state index is -1.14. The van der Waals surface area contributed by atoms with Gasteiger partial charge in [-0.05, 0) is 12.1 Å². The number of carbonyl (C=O) groups excluding carboxylic acids is 2. The molecule has 2 amide bonds. The molecule has 1 aromatic heterocycles. The van der Waals surface area contributed by atoms with Gasteiger partial charge in [0.25, 0.3) is 11.8 Å². The number of hydrogen-bond donors (Lipinski definition) is 4. The third kappa shape index (κ3) is 3.74. The Morgan fingerprint density at radius 3 is 2.72 bits per heavy atom. The van der Waals surface area contributed by atoms with Crippen molar-refractivity contribution in [2.75, 3.05) is 25.2 Å². The standard InChI is InChI=1S/C17H15ClF2N4O5/c18-10-1-2-11(19)8(12(10)20)5-21-16(28)9-6-24-13(15(27)14(9)26)17(29)23(3-4-25)7-22-24/h1-2,6,22,25,27H,3-5,7H2,(H,21,28). The summed E-state index contributed by atoms with van der Waals surface area (Å²) in [5, 5.41) is 21.0. The van der Waals surface area contributed by atoms with E-state index in [0.717, 1.165) is 27.9 Å². The summed E-state index contributed by atoms with van der Waals surface area (Å²) in [4.78, 5) is 38.2. The SMILES string of the molecule is O=C(NCc1c(F)ccc(Cl)c1F)c1cn2c(c(O)c1=O)C(=O)N(CCO)CN2. The topological polar surface area (TPSA) is 124 Å². The Bertz CT molecular complexity index is 1060. The van der Waals surface area contributed by atoms with E-state index in [4.69, 9.17) is 16.7 Å². The predicted octanol–water partition coefficient (Wildman–Crippen LogP) is 0.365. The van der Waals surface area contributed by atoms with Crippen molar-refractivity contribution in [2.45, 2.75) is 6.54 Å². The summed E-state index contributed by atoms with van der Waals surface area (Å²) < 4.78 is 28.7. The van der Waals surface area contributed by atoms with Crippen LogP contribution in [0.4, 0.5) is 8.78 Å². The molecule has 0 atom stereocenters. The van der Waals surface area contributed by atoms with E-state index < -0.39 is 58.0 Å². The monoisotopic (exact) mass is 428 g/mol. The Morgan fingerprint density at radius 1 is 1.31 bits per heavy atom. The number of aromatic nitrogens is 1. The fraction of sp³-hybridized carbons (Fsp3) is 0.235. The van der Waals surface area contributed by atoms with Gasteiger partial charge in [-0.15, -0.1) is 0 Å². The van der Waals surface area contributed by atoms with Crippen molar-refractivity contribution in [2.24, 2.45) is 0 Å². The predicted molar refractivity (Wildman–Crippen MR) is 97.3 cm³/mol. The molecule has 0 aliphatic carbocycles. The van der Waals surface area contributed by atoms with Crippen molar-refractivity contribution >= 4 is 23.4 Å². The van der Waals surface area contributed by atoms with Gasteiger partial charge in [0.05, 0.1) is 11.6 Å². The molecule has 1 aliphatic rings. The summed E-state index contributed by atoms with van der Waals surface area (Å²) in [6, 6.07) is 1.95. The molecule has 12 heteroatoms. The number of aliphatic hydroxyl groups is 1. The quantitative estimate of drug-likeness (QED) is 0.510. The van der Waals surface area contributed by atoms with Crippen molar-refractivity contribution in [3.8, 4) is 5.75 Å². The summed E-state index contributed by atoms with van der Waals surface area (Å²) in [5.74, 6) is -4.70. The molecule has 0 bridgehead atoms. The number of carbonyl (C=O) groups is 2. The summed E-state index contributed by atoms with van der Waals surface area (Å²) >= 11 is 5.59. The van der Waals surface area contributed by atoms with E-state index in [0.29, 0.717) is 0 Å². The van der Waals surface area contributed by atoms with Crippen molar-refractivity contribution in [3.63, 3.8) is 0 Å². The molecular weight excluding hydrogens is 414 g/mol. The highest BCUT2D eigenvalue weighted by Crippen LogP contribution is 2.21. The lowest BCUT2D eigenvalue weighted by molar-refractivity contribution is 0.0687. The van der Waals surface area contributed by atoms with Gasteiger partial charge >= 0.3 is 0 Å². The lowest BCUT2D eigenvalue weighted by Crippen LogP contribution is -2.48. The molecule has 154 valence electrons. The molecule has 1 aliphatic heterocycles. The summed E-state index contributed by atoms with van der Waals surface area (Å²) in [6.07, 6.45) is 0.992. The lowest BCUT2D eigenvalue weighted by atomic mass is 10.1.